The molecule has 0 saturated heterocycles. The van der Waals surface area contributed by atoms with Gasteiger partial charge >= 0.3 is 6.18 Å². The molecular weight excluding hydrogens is 283 g/mol. The number of alkyl halides is 3. The lowest BCUT2D eigenvalue weighted by atomic mass is 10.0. The van der Waals surface area contributed by atoms with Crippen LogP contribution in [0.4, 0.5) is 13.2 Å². The van der Waals surface area contributed by atoms with E-state index >= 15 is 0 Å². The molecule has 1 unspecified atom stereocenters. The number of rotatable bonds is 5. The van der Waals surface area contributed by atoms with Gasteiger partial charge in [-0.2, -0.15) is 24.9 Å². The molecule has 1 aromatic carbocycles. The van der Waals surface area contributed by atoms with E-state index in [0.717, 1.165) is 18.4 Å². The van der Waals surface area contributed by atoms with Gasteiger partial charge in [-0.1, -0.05) is 39.8 Å². The maximum absolute atomic E-state index is 12.8. The summed E-state index contributed by atoms with van der Waals surface area (Å²) >= 11 is 1.75. The molecule has 5 heteroatoms. The molecule has 0 aromatic heterocycles. The predicted octanol–water partition coefficient (Wildman–Crippen LogP) is 4.89. The lowest BCUT2D eigenvalue weighted by Gasteiger charge is -2.24. The van der Waals surface area contributed by atoms with Crippen LogP contribution in [0.2, 0.25) is 0 Å². The normalized spacial score (nSPS) is 14.3. The molecule has 0 bridgehead atoms. The second-order valence-corrected chi connectivity index (χ2v) is 7.50. The zero-order chi connectivity index (χ0) is 15.4. The monoisotopic (exact) mass is 305 g/mol. The highest BCUT2D eigenvalue weighted by atomic mass is 32.2. The summed E-state index contributed by atoms with van der Waals surface area (Å²) in [6, 6.07) is 5.53. The third kappa shape index (κ3) is 5.75. The Morgan fingerprint density at radius 3 is 2.35 bits per heavy atom. The van der Waals surface area contributed by atoms with Gasteiger partial charge in [-0.25, -0.2) is 0 Å². The van der Waals surface area contributed by atoms with E-state index in [-0.39, 0.29) is 10.8 Å². The Labute approximate surface area is 123 Å². The van der Waals surface area contributed by atoms with Gasteiger partial charge in [-0.15, -0.1) is 0 Å². The molecule has 114 valence electrons. The minimum atomic E-state index is -4.29. The average molecular weight is 305 g/mol. The van der Waals surface area contributed by atoms with Crippen molar-refractivity contribution >= 4 is 11.8 Å². The summed E-state index contributed by atoms with van der Waals surface area (Å²) in [6.45, 7) is 9.00. The first-order valence-electron chi connectivity index (χ1n) is 6.68. The summed E-state index contributed by atoms with van der Waals surface area (Å²) in [4.78, 5) is 0. The van der Waals surface area contributed by atoms with Gasteiger partial charge in [0.2, 0.25) is 0 Å². The predicted molar refractivity (Wildman–Crippen MR) is 80.1 cm³/mol. The molecule has 0 fully saturated rings. The summed E-state index contributed by atoms with van der Waals surface area (Å²) in [7, 11) is 0. The fraction of sp³-hybridized carbons (Fsp3) is 0.600. The van der Waals surface area contributed by atoms with Gasteiger partial charge in [-0.05, 0) is 24.2 Å². The van der Waals surface area contributed by atoms with E-state index in [1.807, 2.05) is 6.92 Å². The van der Waals surface area contributed by atoms with Crippen molar-refractivity contribution in [2.24, 2.45) is 0 Å². The van der Waals surface area contributed by atoms with E-state index in [1.54, 1.807) is 17.8 Å². The molecule has 1 atom stereocenters. The minimum absolute atomic E-state index is 0.0634. The van der Waals surface area contributed by atoms with Crippen molar-refractivity contribution in [1.82, 2.24) is 5.32 Å². The summed E-state index contributed by atoms with van der Waals surface area (Å²) in [5, 5.41) is 3.26. The van der Waals surface area contributed by atoms with Crippen molar-refractivity contribution in [3.8, 4) is 0 Å². The van der Waals surface area contributed by atoms with Crippen LogP contribution >= 0.6 is 11.8 Å². The Morgan fingerprint density at radius 1 is 1.20 bits per heavy atom. The number of hydrogen-bond donors (Lipinski definition) is 1. The van der Waals surface area contributed by atoms with E-state index in [0.29, 0.717) is 5.56 Å². The third-order valence-electron chi connectivity index (χ3n) is 2.75. The van der Waals surface area contributed by atoms with Gasteiger partial charge in [0.05, 0.1) is 5.56 Å². The van der Waals surface area contributed by atoms with Crippen LogP contribution in [0.25, 0.3) is 0 Å². The van der Waals surface area contributed by atoms with Crippen LogP contribution in [-0.2, 0) is 6.18 Å². The van der Waals surface area contributed by atoms with Gasteiger partial charge in [0.15, 0.2) is 0 Å². The number of thioether (sulfide) groups is 1. The topological polar surface area (TPSA) is 12.0 Å². The van der Waals surface area contributed by atoms with E-state index < -0.39 is 11.7 Å². The van der Waals surface area contributed by atoms with Crippen LogP contribution in [-0.4, -0.2) is 17.0 Å². The standard InChI is InChI=1S/C15H22F3NS/c1-5-19-13(10-20-14(2,3)4)11-7-6-8-12(9-11)15(16,17)18/h6-9,13,19H,5,10H2,1-4H3. The fourth-order valence-electron chi connectivity index (χ4n) is 1.78. The zero-order valence-corrected chi connectivity index (χ0v) is 13.2. The highest BCUT2D eigenvalue weighted by Crippen LogP contribution is 2.33. The van der Waals surface area contributed by atoms with E-state index in [9.17, 15) is 13.2 Å². The Morgan fingerprint density at radius 2 is 1.85 bits per heavy atom. The Hall–Kier alpha value is -0.680. The molecule has 0 radical (unpaired) electrons. The molecule has 1 rings (SSSR count). The quantitative estimate of drug-likeness (QED) is 0.831. The molecule has 0 heterocycles. The summed E-state index contributed by atoms with van der Waals surface area (Å²) in [5.41, 5.74) is 0.108. The van der Waals surface area contributed by atoms with Crippen molar-refractivity contribution < 1.29 is 13.2 Å². The van der Waals surface area contributed by atoms with Crippen LogP contribution in [0.15, 0.2) is 24.3 Å². The third-order valence-corrected chi connectivity index (χ3v) is 4.12. The lowest BCUT2D eigenvalue weighted by Crippen LogP contribution is -2.25. The highest BCUT2D eigenvalue weighted by Gasteiger charge is 2.31. The maximum atomic E-state index is 12.8. The highest BCUT2D eigenvalue weighted by molar-refractivity contribution is 8.00. The Kier molecular flexibility index (Phi) is 5.95. The summed E-state index contributed by atoms with van der Waals surface area (Å²) in [5.74, 6) is 0.749. The maximum Gasteiger partial charge on any atom is 0.416 e. The van der Waals surface area contributed by atoms with Crippen LogP contribution in [0.1, 0.15) is 44.9 Å². The van der Waals surface area contributed by atoms with E-state index in [1.165, 1.54) is 12.1 Å². The molecule has 0 saturated carbocycles. The zero-order valence-electron chi connectivity index (χ0n) is 12.3. The summed E-state index contributed by atoms with van der Waals surface area (Å²) < 4.78 is 38.4. The number of hydrogen-bond acceptors (Lipinski definition) is 2. The fourth-order valence-corrected chi connectivity index (χ4v) is 2.76. The number of halogens is 3. The first-order chi connectivity index (χ1) is 9.13. The van der Waals surface area contributed by atoms with Crippen molar-refractivity contribution in [2.45, 2.75) is 44.7 Å². The van der Waals surface area contributed by atoms with Crippen molar-refractivity contribution in [3.05, 3.63) is 35.4 Å². The van der Waals surface area contributed by atoms with Crippen LogP contribution < -0.4 is 5.32 Å². The molecule has 1 aromatic rings. The molecular formula is C15H22F3NS. The number of benzene rings is 1. The van der Waals surface area contributed by atoms with Crippen LogP contribution in [0.3, 0.4) is 0 Å². The largest absolute Gasteiger partial charge is 0.416 e. The summed E-state index contributed by atoms with van der Waals surface area (Å²) in [6.07, 6.45) is -4.29. The molecule has 20 heavy (non-hydrogen) atoms. The van der Waals surface area contributed by atoms with Gasteiger partial charge in [0, 0.05) is 16.5 Å². The molecule has 0 amide bonds. The van der Waals surface area contributed by atoms with Gasteiger partial charge in [-0.3, -0.25) is 0 Å². The second-order valence-electron chi connectivity index (χ2n) is 5.66. The molecule has 0 aliphatic heterocycles. The number of nitrogens with one attached hydrogen (secondary N) is 1. The average Bonchev–Trinajstić information content (AvgIpc) is 2.32. The van der Waals surface area contributed by atoms with Crippen molar-refractivity contribution in [1.29, 1.82) is 0 Å². The lowest BCUT2D eigenvalue weighted by molar-refractivity contribution is -0.137. The first-order valence-corrected chi connectivity index (χ1v) is 7.66. The molecule has 0 spiro atoms. The Balaban J connectivity index is 2.91. The first kappa shape index (κ1) is 17.4. The van der Waals surface area contributed by atoms with Gasteiger partial charge in [0.1, 0.15) is 0 Å². The van der Waals surface area contributed by atoms with Crippen molar-refractivity contribution in [3.63, 3.8) is 0 Å². The van der Waals surface area contributed by atoms with E-state index in [4.69, 9.17) is 0 Å². The molecule has 0 aliphatic carbocycles. The van der Waals surface area contributed by atoms with Crippen LogP contribution in [0, 0.1) is 0 Å². The minimum Gasteiger partial charge on any atom is -0.310 e. The molecule has 1 N–H and O–H groups in total. The van der Waals surface area contributed by atoms with Crippen LogP contribution in [0.5, 0.6) is 0 Å². The SMILES string of the molecule is CCNC(CSC(C)(C)C)c1cccc(C(F)(F)F)c1. The van der Waals surface area contributed by atoms with Gasteiger partial charge in [0.25, 0.3) is 0 Å². The smallest absolute Gasteiger partial charge is 0.310 e. The Bertz CT molecular complexity index is 424. The second kappa shape index (κ2) is 6.85. The van der Waals surface area contributed by atoms with E-state index in [2.05, 4.69) is 26.1 Å². The molecule has 0 aliphatic rings. The van der Waals surface area contributed by atoms with Gasteiger partial charge < -0.3 is 5.32 Å². The van der Waals surface area contributed by atoms with Crippen molar-refractivity contribution in [2.75, 3.05) is 12.3 Å². The molecule has 1 nitrogen and oxygen atoms in total.